The lowest BCUT2D eigenvalue weighted by molar-refractivity contribution is -0.130. The van der Waals surface area contributed by atoms with Crippen LogP contribution in [0.3, 0.4) is 0 Å². The number of hydrogen-bond donors (Lipinski definition) is 1. The van der Waals surface area contributed by atoms with Crippen LogP contribution in [0, 0.1) is 0 Å². The molecule has 3 rings (SSSR count). The van der Waals surface area contributed by atoms with Crippen molar-refractivity contribution in [2.75, 3.05) is 0 Å². The largest absolute Gasteiger partial charge is 0.444 e. The first-order chi connectivity index (χ1) is 10.7. The normalized spacial score (nSPS) is 14.9. The Bertz CT molecular complexity index is 651. The number of hydrogen-bond acceptors (Lipinski definition) is 3. The maximum Gasteiger partial charge on any atom is 0.339 e. The van der Waals surface area contributed by atoms with E-state index in [1.165, 1.54) is 0 Å². The van der Waals surface area contributed by atoms with Crippen molar-refractivity contribution in [3.05, 3.63) is 71.8 Å². The molecule has 112 valence electrons. The van der Waals surface area contributed by atoms with Crippen LogP contribution in [0.15, 0.2) is 60.7 Å². The number of nitrogens with one attached hydrogen (secondary N) is 1. The van der Waals surface area contributed by atoms with Gasteiger partial charge in [0.2, 0.25) is 6.10 Å². The third kappa shape index (κ3) is 3.52. The maximum absolute atomic E-state index is 12.4. The van der Waals surface area contributed by atoms with E-state index in [1.807, 2.05) is 24.3 Å². The van der Waals surface area contributed by atoms with Crippen LogP contribution < -0.4 is 5.32 Å². The van der Waals surface area contributed by atoms with Gasteiger partial charge in [-0.3, -0.25) is 4.79 Å². The molecule has 0 aromatic heterocycles. The SMILES string of the molecule is O=C(OC(C(=O)NC1CC1)c1ccccc1)c1ccccc1. The highest BCUT2D eigenvalue weighted by Crippen LogP contribution is 2.24. The fourth-order valence-corrected chi connectivity index (χ4v) is 2.15. The lowest BCUT2D eigenvalue weighted by atomic mass is 10.1. The van der Waals surface area contributed by atoms with E-state index >= 15 is 0 Å². The summed E-state index contributed by atoms with van der Waals surface area (Å²) in [5.74, 6) is -0.765. The van der Waals surface area contributed by atoms with E-state index in [1.54, 1.807) is 36.4 Å². The molecule has 1 N–H and O–H groups in total. The number of carbonyl (C=O) groups excluding carboxylic acids is 2. The highest BCUT2D eigenvalue weighted by molar-refractivity contribution is 5.92. The van der Waals surface area contributed by atoms with Crippen LogP contribution in [0.5, 0.6) is 0 Å². The summed E-state index contributed by atoms with van der Waals surface area (Å²) in [6.45, 7) is 0. The Morgan fingerprint density at radius 1 is 0.955 bits per heavy atom. The fraction of sp³-hybridized carbons (Fsp3) is 0.222. The van der Waals surface area contributed by atoms with Crippen molar-refractivity contribution >= 4 is 11.9 Å². The minimum absolute atomic E-state index is 0.217. The molecule has 0 heterocycles. The Balaban J connectivity index is 1.79. The second kappa shape index (κ2) is 6.43. The second-order valence-electron chi connectivity index (χ2n) is 5.34. The summed E-state index contributed by atoms with van der Waals surface area (Å²) in [5, 5.41) is 2.89. The van der Waals surface area contributed by atoms with Gasteiger partial charge in [0, 0.05) is 11.6 Å². The van der Waals surface area contributed by atoms with Crippen molar-refractivity contribution in [2.24, 2.45) is 0 Å². The lowest BCUT2D eigenvalue weighted by Gasteiger charge is -2.18. The van der Waals surface area contributed by atoms with Crippen molar-refractivity contribution in [2.45, 2.75) is 25.0 Å². The molecule has 1 aliphatic rings. The van der Waals surface area contributed by atoms with Crippen LogP contribution in [0.1, 0.15) is 34.9 Å². The molecule has 22 heavy (non-hydrogen) atoms. The van der Waals surface area contributed by atoms with Gasteiger partial charge in [0.25, 0.3) is 5.91 Å². The second-order valence-corrected chi connectivity index (χ2v) is 5.34. The molecule has 4 nitrogen and oxygen atoms in total. The van der Waals surface area contributed by atoms with E-state index in [4.69, 9.17) is 4.74 Å². The molecule has 0 radical (unpaired) electrons. The maximum atomic E-state index is 12.4. The number of carbonyl (C=O) groups is 2. The number of amides is 1. The lowest BCUT2D eigenvalue weighted by Crippen LogP contribution is -2.33. The molecule has 1 aliphatic carbocycles. The topological polar surface area (TPSA) is 55.4 Å². The van der Waals surface area contributed by atoms with Crippen LogP contribution in [0.4, 0.5) is 0 Å². The molecule has 2 aromatic rings. The molecule has 1 saturated carbocycles. The summed E-state index contributed by atoms with van der Waals surface area (Å²) < 4.78 is 5.46. The van der Waals surface area contributed by atoms with E-state index in [2.05, 4.69) is 5.32 Å². The zero-order chi connectivity index (χ0) is 15.4. The van der Waals surface area contributed by atoms with E-state index < -0.39 is 12.1 Å². The number of rotatable bonds is 5. The van der Waals surface area contributed by atoms with Gasteiger partial charge < -0.3 is 10.1 Å². The van der Waals surface area contributed by atoms with Crippen molar-refractivity contribution in [3.8, 4) is 0 Å². The zero-order valence-corrected chi connectivity index (χ0v) is 12.1. The van der Waals surface area contributed by atoms with Gasteiger partial charge in [-0.1, -0.05) is 48.5 Å². The zero-order valence-electron chi connectivity index (χ0n) is 12.1. The molecule has 0 spiro atoms. The van der Waals surface area contributed by atoms with E-state index in [-0.39, 0.29) is 11.9 Å². The van der Waals surface area contributed by atoms with Crippen molar-refractivity contribution < 1.29 is 14.3 Å². The first-order valence-corrected chi connectivity index (χ1v) is 7.35. The smallest absolute Gasteiger partial charge is 0.339 e. The summed E-state index contributed by atoms with van der Waals surface area (Å²) in [6, 6.07) is 18.0. The Morgan fingerprint density at radius 2 is 1.55 bits per heavy atom. The Hall–Kier alpha value is -2.62. The van der Waals surface area contributed by atoms with Crippen LogP contribution >= 0.6 is 0 Å². The predicted octanol–water partition coefficient (Wildman–Crippen LogP) is 2.86. The summed E-state index contributed by atoms with van der Waals surface area (Å²) in [4.78, 5) is 24.6. The monoisotopic (exact) mass is 295 g/mol. The van der Waals surface area contributed by atoms with E-state index in [9.17, 15) is 9.59 Å². The Morgan fingerprint density at radius 3 is 2.14 bits per heavy atom. The third-order valence-electron chi connectivity index (χ3n) is 3.50. The molecular formula is C18H17NO3. The Labute approximate surface area is 129 Å². The number of esters is 1. The van der Waals surface area contributed by atoms with Gasteiger partial charge in [-0.05, 0) is 25.0 Å². The summed E-state index contributed by atoms with van der Waals surface area (Å²) >= 11 is 0. The molecular weight excluding hydrogens is 278 g/mol. The summed E-state index contributed by atoms with van der Waals surface area (Å²) in [6.07, 6.45) is 1.05. The van der Waals surface area contributed by atoms with Gasteiger partial charge in [0.15, 0.2) is 0 Å². The average molecular weight is 295 g/mol. The molecule has 1 amide bonds. The molecule has 1 unspecified atom stereocenters. The minimum Gasteiger partial charge on any atom is -0.444 e. The number of benzene rings is 2. The van der Waals surface area contributed by atoms with Crippen LogP contribution in [-0.2, 0) is 9.53 Å². The molecule has 0 bridgehead atoms. The van der Waals surface area contributed by atoms with Crippen molar-refractivity contribution in [3.63, 3.8) is 0 Å². The molecule has 4 heteroatoms. The van der Waals surface area contributed by atoms with Gasteiger partial charge in [0.05, 0.1) is 5.56 Å². The predicted molar refractivity (Wildman–Crippen MR) is 82.2 cm³/mol. The fourth-order valence-electron chi connectivity index (χ4n) is 2.15. The highest BCUT2D eigenvalue weighted by Gasteiger charge is 2.30. The molecule has 1 atom stereocenters. The summed E-state index contributed by atoms with van der Waals surface area (Å²) in [7, 11) is 0. The van der Waals surface area contributed by atoms with Crippen molar-refractivity contribution in [1.82, 2.24) is 5.32 Å². The van der Waals surface area contributed by atoms with E-state index in [0.29, 0.717) is 11.1 Å². The van der Waals surface area contributed by atoms with Gasteiger partial charge in [-0.2, -0.15) is 0 Å². The van der Waals surface area contributed by atoms with E-state index in [0.717, 1.165) is 12.8 Å². The first-order valence-electron chi connectivity index (χ1n) is 7.35. The minimum atomic E-state index is -0.922. The van der Waals surface area contributed by atoms with Gasteiger partial charge >= 0.3 is 5.97 Å². The summed E-state index contributed by atoms with van der Waals surface area (Å²) in [5.41, 5.74) is 1.10. The molecule has 1 fully saturated rings. The van der Waals surface area contributed by atoms with Crippen molar-refractivity contribution in [1.29, 1.82) is 0 Å². The van der Waals surface area contributed by atoms with Crippen LogP contribution in [0.2, 0.25) is 0 Å². The number of ether oxygens (including phenoxy) is 1. The molecule has 0 saturated heterocycles. The van der Waals surface area contributed by atoms with Crippen LogP contribution in [-0.4, -0.2) is 17.9 Å². The quantitative estimate of drug-likeness (QED) is 0.863. The van der Waals surface area contributed by atoms with Gasteiger partial charge in [-0.15, -0.1) is 0 Å². The molecule has 0 aliphatic heterocycles. The third-order valence-corrected chi connectivity index (χ3v) is 3.50. The first kappa shape index (κ1) is 14.3. The standard InChI is InChI=1S/C18H17NO3/c20-17(19-15-11-12-15)16(13-7-3-1-4-8-13)22-18(21)14-9-5-2-6-10-14/h1-10,15-16H,11-12H2,(H,19,20). The average Bonchev–Trinajstić information content (AvgIpc) is 3.38. The Kier molecular flexibility index (Phi) is 4.19. The van der Waals surface area contributed by atoms with Gasteiger partial charge in [0.1, 0.15) is 0 Å². The van der Waals surface area contributed by atoms with Gasteiger partial charge in [-0.25, -0.2) is 4.79 Å². The highest BCUT2D eigenvalue weighted by atomic mass is 16.5. The van der Waals surface area contributed by atoms with Crippen LogP contribution in [0.25, 0.3) is 0 Å². The molecule has 2 aromatic carbocycles.